The Hall–Kier alpha value is -2.88. The maximum atomic E-state index is 12.9. The molecule has 4 heteroatoms. The smallest absolute Gasteiger partial charge is 0.255 e. The van der Waals surface area contributed by atoms with E-state index in [1.807, 2.05) is 30.3 Å². The fourth-order valence-corrected chi connectivity index (χ4v) is 3.61. The number of hydrogen-bond donors (Lipinski definition) is 2. The molecule has 2 N–H and O–H groups in total. The Morgan fingerprint density at radius 1 is 1.04 bits per heavy atom. The second-order valence-electron chi connectivity index (χ2n) is 6.54. The number of H-pyrrole nitrogens is 1. The van der Waals surface area contributed by atoms with E-state index in [1.54, 1.807) is 18.3 Å². The van der Waals surface area contributed by atoms with Crippen molar-refractivity contribution in [1.82, 2.24) is 4.98 Å². The molecule has 2 aromatic carbocycles. The summed E-state index contributed by atoms with van der Waals surface area (Å²) < 4.78 is 0. The second kappa shape index (κ2) is 8.00. The highest BCUT2D eigenvalue weighted by Gasteiger charge is 2.26. The van der Waals surface area contributed by atoms with Gasteiger partial charge in [-0.05, 0) is 54.0 Å². The van der Waals surface area contributed by atoms with E-state index in [0.717, 1.165) is 23.9 Å². The van der Waals surface area contributed by atoms with Crippen LogP contribution in [0.15, 0.2) is 65.6 Å². The number of anilines is 1. The number of fused-ring (bicyclic) bond motifs is 1. The molecule has 0 aliphatic carbocycles. The number of hydrogen-bond acceptors (Lipinski definition) is 2. The van der Waals surface area contributed by atoms with Gasteiger partial charge in [-0.1, -0.05) is 44.2 Å². The summed E-state index contributed by atoms with van der Waals surface area (Å²) in [5, 5.41) is 4.47. The van der Waals surface area contributed by atoms with Gasteiger partial charge in [-0.15, -0.1) is 0 Å². The molecule has 26 heavy (non-hydrogen) atoms. The van der Waals surface area contributed by atoms with Crippen LogP contribution in [0.2, 0.25) is 0 Å². The van der Waals surface area contributed by atoms with Crippen LogP contribution in [0.25, 0.3) is 10.8 Å². The van der Waals surface area contributed by atoms with Gasteiger partial charge in [-0.25, -0.2) is 0 Å². The fourth-order valence-electron chi connectivity index (χ4n) is 3.61. The zero-order valence-electron chi connectivity index (χ0n) is 15.2. The highest BCUT2D eigenvalue weighted by atomic mass is 16.2. The van der Waals surface area contributed by atoms with Gasteiger partial charge in [0.25, 0.3) is 5.56 Å². The van der Waals surface area contributed by atoms with Gasteiger partial charge in [0.05, 0.1) is 0 Å². The van der Waals surface area contributed by atoms with Gasteiger partial charge in [-0.3, -0.25) is 9.59 Å². The van der Waals surface area contributed by atoms with Crippen molar-refractivity contribution in [2.24, 2.45) is 5.92 Å². The summed E-state index contributed by atoms with van der Waals surface area (Å²) in [6.45, 7) is 4.17. The largest absolute Gasteiger partial charge is 0.329 e. The minimum atomic E-state index is -0.123. The van der Waals surface area contributed by atoms with Crippen LogP contribution in [0.1, 0.15) is 38.2 Å². The van der Waals surface area contributed by atoms with E-state index in [-0.39, 0.29) is 23.3 Å². The third-order valence-corrected chi connectivity index (χ3v) is 4.97. The molecule has 3 aromatic rings. The molecule has 0 fully saturated rings. The summed E-state index contributed by atoms with van der Waals surface area (Å²) in [4.78, 5) is 27.4. The molecule has 0 saturated carbocycles. The number of benzene rings is 2. The molecule has 2 unspecified atom stereocenters. The summed E-state index contributed by atoms with van der Waals surface area (Å²) in [5.41, 5.74) is 1.79. The van der Waals surface area contributed by atoms with Crippen molar-refractivity contribution in [2.45, 2.75) is 32.6 Å². The molecule has 3 rings (SSSR count). The molecular formula is C22H24N2O2. The maximum absolute atomic E-state index is 12.9. The summed E-state index contributed by atoms with van der Waals surface area (Å²) in [6.07, 6.45) is 3.29. The monoisotopic (exact) mass is 348 g/mol. The van der Waals surface area contributed by atoms with Crippen LogP contribution in [-0.4, -0.2) is 10.9 Å². The third-order valence-electron chi connectivity index (χ3n) is 4.97. The Bertz CT molecular complexity index is 947. The van der Waals surface area contributed by atoms with E-state index in [2.05, 4.69) is 36.3 Å². The van der Waals surface area contributed by atoms with Crippen molar-refractivity contribution in [3.8, 4) is 0 Å². The molecule has 0 aliphatic heterocycles. The van der Waals surface area contributed by atoms with Crippen molar-refractivity contribution in [2.75, 3.05) is 5.32 Å². The van der Waals surface area contributed by atoms with E-state index in [0.29, 0.717) is 5.39 Å². The van der Waals surface area contributed by atoms with Crippen molar-refractivity contribution in [3.05, 3.63) is 76.7 Å². The number of aromatic nitrogens is 1. The summed E-state index contributed by atoms with van der Waals surface area (Å²) >= 11 is 0. The number of aromatic amines is 1. The van der Waals surface area contributed by atoms with E-state index < -0.39 is 0 Å². The molecule has 0 spiro atoms. The lowest BCUT2D eigenvalue weighted by Crippen LogP contribution is -2.27. The lowest BCUT2D eigenvalue weighted by atomic mass is 9.82. The Labute approximate surface area is 153 Å². The first-order chi connectivity index (χ1) is 12.6. The van der Waals surface area contributed by atoms with Crippen LogP contribution in [0, 0.1) is 5.92 Å². The molecule has 4 nitrogen and oxygen atoms in total. The predicted octanol–water partition coefficient (Wildman–Crippen LogP) is 4.69. The topological polar surface area (TPSA) is 62.0 Å². The number of rotatable bonds is 6. The first kappa shape index (κ1) is 17.9. The number of pyridine rings is 1. The molecule has 1 heterocycles. The average molecular weight is 348 g/mol. The SMILES string of the molecule is CCC(C(=O)Nc1ccc2c(=O)[nH]ccc2c1)C(CC)c1ccccc1. The number of amides is 1. The number of carbonyl (C=O) groups is 1. The van der Waals surface area contributed by atoms with Gasteiger partial charge in [0, 0.05) is 23.2 Å². The van der Waals surface area contributed by atoms with Gasteiger partial charge >= 0.3 is 0 Å². The molecule has 0 aliphatic rings. The first-order valence-electron chi connectivity index (χ1n) is 9.11. The molecule has 2 atom stereocenters. The van der Waals surface area contributed by atoms with E-state index in [9.17, 15) is 9.59 Å². The van der Waals surface area contributed by atoms with Gasteiger partial charge in [-0.2, -0.15) is 0 Å². The van der Waals surface area contributed by atoms with Gasteiger partial charge < -0.3 is 10.3 Å². The normalized spacial score (nSPS) is 13.3. The quantitative estimate of drug-likeness (QED) is 0.679. The van der Waals surface area contributed by atoms with Crippen molar-refractivity contribution < 1.29 is 4.79 Å². The van der Waals surface area contributed by atoms with E-state index in [4.69, 9.17) is 0 Å². The molecule has 1 amide bonds. The highest BCUT2D eigenvalue weighted by molar-refractivity contribution is 5.95. The maximum Gasteiger partial charge on any atom is 0.255 e. The summed E-state index contributed by atoms with van der Waals surface area (Å²) in [5.74, 6) is 0.106. The van der Waals surface area contributed by atoms with Crippen molar-refractivity contribution >= 4 is 22.4 Å². The van der Waals surface area contributed by atoms with Crippen LogP contribution >= 0.6 is 0 Å². The molecule has 0 bridgehead atoms. The molecule has 0 saturated heterocycles. The van der Waals surface area contributed by atoms with Gasteiger partial charge in [0.2, 0.25) is 5.91 Å². The number of nitrogens with one attached hydrogen (secondary N) is 2. The molecule has 0 radical (unpaired) electrons. The Morgan fingerprint density at radius 3 is 2.50 bits per heavy atom. The number of carbonyl (C=O) groups excluding carboxylic acids is 1. The van der Waals surface area contributed by atoms with Crippen LogP contribution < -0.4 is 10.9 Å². The van der Waals surface area contributed by atoms with Crippen LogP contribution in [-0.2, 0) is 4.79 Å². The molecule has 1 aromatic heterocycles. The minimum Gasteiger partial charge on any atom is -0.329 e. The fraction of sp³-hybridized carbons (Fsp3) is 0.273. The Balaban J connectivity index is 1.84. The van der Waals surface area contributed by atoms with Crippen molar-refractivity contribution in [1.29, 1.82) is 0 Å². The molecule has 134 valence electrons. The van der Waals surface area contributed by atoms with Gasteiger partial charge in [0.1, 0.15) is 0 Å². The average Bonchev–Trinajstić information content (AvgIpc) is 2.66. The Morgan fingerprint density at radius 2 is 1.81 bits per heavy atom. The van der Waals surface area contributed by atoms with E-state index >= 15 is 0 Å². The zero-order chi connectivity index (χ0) is 18.5. The van der Waals surface area contributed by atoms with Crippen molar-refractivity contribution in [3.63, 3.8) is 0 Å². The van der Waals surface area contributed by atoms with E-state index in [1.165, 1.54) is 5.56 Å². The second-order valence-corrected chi connectivity index (χ2v) is 6.54. The molecular weight excluding hydrogens is 324 g/mol. The van der Waals surface area contributed by atoms with Crippen LogP contribution in [0.5, 0.6) is 0 Å². The standard InChI is InChI=1S/C22H24N2O2/c1-3-18(15-8-6-5-7-9-15)19(4-2)22(26)24-17-10-11-20-16(14-17)12-13-23-21(20)25/h5-14,18-19H,3-4H2,1-2H3,(H,23,25)(H,24,26). The zero-order valence-corrected chi connectivity index (χ0v) is 15.2. The highest BCUT2D eigenvalue weighted by Crippen LogP contribution is 2.31. The lowest BCUT2D eigenvalue weighted by molar-refractivity contribution is -0.120. The summed E-state index contributed by atoms with van der Waals surface area (Å²) in [7, 11) is 0. The van der Waals surface area contributed by atoms with Crippen LogP contribution in [0.4, 0.5) is 5.69 Å². The Kier molecular flexibility index (Phi) is 5.52. The third kappa shape index (κ3) is 3.69. The van der Waals surface area contributed by atoms with Gasteiger partial charge in [0.15, 0.2) is 0 Å². The lowest BCUT2D eigenvalue weighted by Gasteiger charge is -2.25. The predicted molar refractivity (Wildman–Crippen MR) is 106 cm³/mol. The van der Waals surface area contributed by atoms with Crippen LogP contribution in [0.3, 0.4) is 0 Å². The summed E-state index contributed by atoms with van der Waals surface area (Å²) in [6, 6.07) is 17.4. The minimum absolute atomic E-state index is 0.0207. The first-order valence-corrected chi connectivity index (χ1v) is 9.11.